The van der Waals surface area contributed by atoms with Crippen LogP contribution in [0.3, 0.4) is 0 Å². The predicted octanol–water partition coefficient (Wildman–Crippen LogP) is 2.79. The minimum Gasteiger partial charge on any atom is -0.489 e. The Morgan fingerprint density at radius 3 is 2.33 bits per heavy atom. The molecule has 0 aliphatic carbocycles. The smallest absolute Gasteiger partial charge is 0.119 e. The van der Waals surface area contributed by atoms with Crippen molar-refractivity contribution in [3.05, 3.63) is 65.7 Å². The summed E-state index contributed by atoms with van der Waals surface area (Å²) in [4.78, 5) is 0. The second-order valence-electron chi connectivity index (χ2n) is 3.95. The van der Waals surface area contributed by atoms with Gasteiger partial charge in [-0.3, -0.25) is 0 Å². The van der Waals surface area contributed by atoms with Gasteiger partial charge in [0.2, 0.25) is 0 Å². The molecule has 0 bridgehead atoms. The van der Waals surface area contributed by atoms with Gasteiger partial charge in [0.1, 0.15) is 18.4 Å². The summed E-state index contributed by atoms with van der Waals surface area (Å²) in [6.45, 7) is 0.532. The van der Waals surface area contributed by atoms with Crippen LogP contribution in [-0.2, 0) is 6.61 Å². The van der Waals surface area contributed by atoms with Crippen molar-refractivity contribution in [2.45, 2.75) is 12.6 Å². The molecule has 0 aliphatic rings. The lowest BCUT2D eigenvalue weighted by molar-refractivity contribution is 0.306. The molecule has 90 valence electrons. The maximum Gasteiger partial charge on any atom is 0.119 e. The molecule has 2 aromatic carbocycles. The third-order valence-electron chi connectivity index (χ3n) is 2.63. The van der Waals surface area contributed by atoms with Gasteiger partial charge in [0.25, 0.3) is 0 Å². The van der Waals surface area contributed by atoms with Crippen LogP contribution in [0, 0.1) is 11.3 Å². The summed E-state index contributed by atoms with van der Waals surface area (Å²) in [7, 11) is 0. The summed E-state index contributed by atoms with van der Waals surface area (Å²) in [6, 6.07) is 18.7. The SMILES string of the molecule is N#C[C@H](N)c1ccc(OCc2ccccc2)cc1. The van der Waals surface area contributed by atoms with Gasteiger partial charge in [0.05, 0.1) is 6.07 Å². The summed E-state index contributed by atoms with van der Waals surface area (Å²) >= 11 is 0. The molecule has 2 N–H and O–H groups in total. The van der Waals surface area contributed by atoms with Gasteiger partial charge >= 0.3 is 0 Å². The van der Waals surface area contributed by atoms with Crippen LogP contribution in [0.25, 0.3) is 0 Å². The summed E-state index contributed by atoms with van der Waals surface area (Å²) in [6.07, 6.45) is 0. The Labute approximate surface area is 106 Å². The largest absolute Gasteiger partial charge is 0.489 e. The van der Waals surface area contributed by atoms with Crippen molar-refractivity contribution < 1.29 is 4.74 Å². The zero-order valence-corrected chi connectivity index (χ0v) is 9.91. The van der Waals surface area contributed by atoms with E-state index in [1.807, 2.05) is 60.7 Å². The molecule has 2 rings (SSSR count). The van der Waals surface area contributed by atoms with E-state index in [1.165, 1.54) is 0 Å². The first-order chi connectivity index (χ1) is 8.79. The average molecular weight is 238 g/mol. The van der Waals surface area contributed by atoms with E-state index in [0.29, 0.717) is 6.61 Å². The molecule has 0 unspecified atom stereocenters. The second-order valence-corrected chi connectivity index (χ2v) is 3.95. The number of hydrogen-bond donors (Lipinski definition) is 1. The number of nitrogens with two attached hydrogens (primary N) is 1. The fraction of sp³-hybridized carbons (Fsp3) is 0.133. The third kappa shape index (κ3) is 3.09. The van der Waals surface area contributed by atoms with Crippen LogP contribution in [0.15, 0.2) is 54.6 Å². The highest BCUT2D eigenvalue weighted by Crippen LogP contribution is 2.17. The molecular weight excluding hydrogens is 224 g/mol. The average Bonchev–Trinajstić information content (AvgIpc) is 2.46. The van der Waals surface area contributed by atoms with Gasteiger partial charge in [-0.25, -0.2) is 0 Å². The molecule has 3 heteroatoms. The third-order valence-corrected chi connectivity index (χ3v) is 2.63. The summed E-state index contributed by atoms with van der Waals surface area (Å²) in [5.41, 5.74) is 7.52. The molecule has 0 amide bonds. The number of hydrogen-bond acceptors (Lipinski definition) is 3. The predicted molar refractivity (Wildman–Crippen MR) is 69.8 cm³/mol. The number of ether oxygens (including phenoxy) is 1. The van der Waals surface area contributed by atoms with Gasteiger partial charge in [-0.05, 0) is 23.3 Å². The van der Waals surface area contributed by atoms with Gasteiger partial charge in [0.15, 0.2) is 0 Å². The molecule has 18 heavy (non-hydrogen) atoms. The van der Waals surface area contributed by atoms with Crippen molar-refractivity contribution >= 4 is 0 Å². The second kappa shape index (κ2) is 5.85. The van der Waals surface area contributed by atoms with Crippen LogP contribution < -0.4 is 10.5 Å². The highest BCUT2D eigenvalue weighted by atomic mass is 16.5. The molecule has 1 atom stereocenters. The fourth-order valence-corrected chi connectivity index (χ4v) is 1.59. The van der Waals surface area contributed by atoms with Crippen molar-refractivity contribution in [1.82, 2.24) is 0 Å². The van der Waals surface area contributed by atoms with Crippen LogP contribution >= 0.6 is 0 Å². The van der Waals surface area contributed by atoms with Gasteiger partial charge in [-0.1, -0.05) is 42.5 Å². The van der Waals surface area contributed by atoms with Gasteiger partial charge in [0, 0.05) is 0 Å². The van der Waals surface area contributed by atoms with Crippen LogP contribution in [0.4, 0.5) is 0 Å². The van der Waals surface area contributed by atoms with Crippen molar-refractivity contribution in [2.75, 3.05) is 0 Å². The minimum absolute atomic E-state index is 0.532. The molecule has 0 saturated carbocycles. The quantitative estimate of drug-likeness (QED) is 0.891. The Balaban J connectivity index is 1.97. The maximum absolute atomic E-state index is 8.70. The Morgan fingerprint density at radius 1 is 1.06 bits per heavy atom. The first-order valence-corrected chi connectivity index (χ1v) is 5.71. The fourth-order valence-electron chi connectivity index (χ4n) is 1.59. The lowest BCUT2D eigenvalue weighted by Gasteiger charge is -2.08. The van der Waals surface area contributed by atoms with E-state index in [4.69, 9.17) is 15.7 Å². The topological polar surface area (TPSA) is 59.0 Å². The maximum atomic E-state index is 8.70. The van der Waals surface area contributed by atoms with E-state index in [0.717, 1.165) is 16.9 Å². The molecule has 0 radical (unpaired) electrons. The minimum atomic E-state index is -0.576. The molecule has 3 nitrogen and oxygen atoms in total. The summed E-state index contributed by atoms with van der Waals surface area (Å²) < 4.78 is 5.64. The molecule has 0 aromatic heterocycles. The summed E-state index contributed by atoms with van der Waals surface area (Å²) in [5, 5.41) is 8.70. The number of rotatable bonds is 4. The normalized spacial score (nSPS) is 11.6. The molecule has 2 aromatic rings. The van der Waals surface area contributed by atoms with E-state index >= 15 is 0 Å². The van der Waals surface area contributed by atoms with Crippen LogP contribution in [0.2, 0.25) is 0 Å². The molecular formula is C15H14N2O. The van der Waals surface area contributed by atoms with Crippen LogP contribution in [0.1, 0.15) is 17.2 Å². The van der Waals surface area contributed by atoms with Crippen molar-refractivity contribution in [2.24, 2.45) is 5.73 Å². The molecule has 0 spiro atoms. The van der Waals surface area contributed by atoms with Crippen molar-refractivity contribution in [3.8, 4) is 11.8 Å². The number of nitrogens with zero attached hydrogens (tertiary/aromatic N) is 1. The molecule has 0 saturated heterocycles. The highest BCUT2D eigenvalue weighted by molar-refractivity contribution is 5.31. The summed E-state index contributed by atoms with van der Waals surface area (Å²) in [5.74, 6) is 0.771. The molecule has 0 fully saturated rings. The Kier molecular flexibility index (Phi) is 3.95. The first-order valence-electron chi connectivity index (χ1n) is 5.71. The number of benzene rings is 2. The Bertz CT molecular complexity index is 529. The number of nitriles is 1. The standard InChI is InChI=1S/C15H14N2O/c16-10-15(17)13-6-8-14(9-7-13)18-11-12-4-2-1-3-5-12/h1-9,15H,11,17H2/t15-/m0/s1. The van der Waals surface area contributed by atoms with E-state index in [-0.39, 0.29) is 0 Å². The van der Waals surface area contributed by atoms with Gasteiger partial charge in [-0.2, -0.15) is 5.26 Å². The first kappa shape index (κ1) is 12.2. The van der Waals surface area contributed by atoms with E-state index < -0.39 is 6.04 Å². The van der Waals surface area contributed by atoms with E-state index in [2.05, 4.69) is 0 Å². The van der Waals surface area contributed by atoms with Crippen molar-refractivity contribution in [1.29, 1.82) is 5.26 Å². The molecule has 0 heterocycles. The van der Waals surface area contributed by atoms with Gasteiger partial charge in [-0.15, -0.1) is 0 Å². The Hall–Kier alpha value is -2.31. The zero-order chi connectivity index (χ0) is 12.8. The van der Waals surface area contributed by atoms with Gasteiger partial charge < -0.3 is 10.5 Å². The Morgan fingerprint density at radius 2 is 1.72 bits per heavy atom. The van der Waals surface area contributed by atoms with Crippen LogP contribution in [-0.4, -0.2) is 0 Å². The monoisotopic (exact) mass is 238 g/mol. The van der Waals surface area contributed by atoms with Crippen LogP contribution in [0.5, 0.6) is 5.75 Å². The lowest BCUT2D eigenvalue weighted by atomic mass is 10.1. The van der Waals surface area contributed by atoms with E-state index in [1.54, 1.807) is 0 Å². The van der Waals surface area contributed by atoms with E-state index in [9.17, 15) is 0 Å². The lowest BCUT2D eigenvalue weighted by Crippen LogP contribution is -2.06. The highest BCUT2D eigenvalue weighted by Gasteiger charge is 2.03. The van der Waals surface area contributed by atoms with Crippen molar-refractivity contribution in [3.63, 3.8) is 0 Å². The zero-order valence-electron chi connectivity index (χ0n) is 9.91. The molecule has 0 aliphatic heterocycles.